The van der Waals surface area contributed by atoms with Gasteiger partial charge >= 0.3 is 0 Å². The molecular formula is C17H16O3. The molecule has 0 radical (unpaired) electrons. The van der Waals surface area contributed by atoms with Crippen molar-refractivity contribution in [1.29, 1.82) is 0 Å². The van der Waals surface area contributed by atoms with Crippen molar-refractivity contribution < 1.29 is 14.3 Å². The van der Waals surface area contributed by atoms with Gasteiger partial charge in [0.25, 0.3) is 0 Å². The van der Waals surface area contributed by atoms with Crippen LogP contribution < -0.4 is 4.74 Å². The Morgan fingerprint density at radius 1 is 1.10 bits per heavy atom. The van der Waals surface area contributed by atoms with Gasteiger partial charge in [0.05, 0.1) is 20.3 Å². The van der Waals surface area contributed by atoms with E-state index in [4.69, 9.17) is 9.47 Å². The Kier molecular flexibility index (Phi) is 3.52. The highest BCUT2D eigenvalue weighted by Gasteiger charge is 2.14. The van der Waals surface area contributed by atoms with Gasteiger partial charge in [0.2, 0.25) is 0 Å². The maximum atomic E-state index is 12.3. The van der Waals surface area contributed by atoms with Gasteiger partial charge in [0, 0.05) is 12.0 Å². The van der Waals surface area contributed by atoms with Crippen molar-refractivity contribution in [2.45, 2.75) is 19.6 Å². The summed E-state index contributed by atoms with van der Waals surface area (Å²) in [7, 11) is 1.63. The average molecular weight is 268 g/mol. The molecular weight excluding hydrogens is 252 g/mol. The normalized spacial score (nSPS) is 13.1. The van der Waals surface area contributed by atoms with E-state index in [0.717, 1.165) is 22.4 Å². The summed E-state index contributed by atoms with van der Waals surface area (Å²) in [5, 5.41) is 0. The molecule has 3 rings (SSSR count). The number of ketones is 1. The van der Waals surface area contributed by atoms with Crippen LogP contribution in [0.4, 0.5) is 0 Å². The van der Waals surface area contributed by atoms with Crippen molar-refractivity contribution >= 4 is 5.78 Å². The predicted octanol–water partition coefficient (Wildman–Crippen LogP) is 3.15. The number of methoxy groups -OCH3 is 1. The third kappa shape index (κ3) is 2.58. The molecule has 20 heavy (non-hydrogen) atoms. The van der Waals surface area contributed by atoms with E-state index >= 15 is 0 Å². The predicted molar refractivity (Wildman–Crippen MR) is 76.0 cm³/mol. The van der Waals surface area contributed by atoms with Crippen molar-refractivity contribution in [1.82, 2.24) is 0 Å². The molecule has 3 heteroatoms. The second kappa shape index (κ2) is 5.47. The zero-order chi connectivity index (χ0) is 13.9. The molecule has 102 valence electrons. The number of rotatable bonds is 4. The lowest BCUT2D eigenvalue weighted by molar-refractivity contribution is 0.0993. The molecule has 0 unspecified atom stereocenters. The van der Waals surface area contributed by atoms with E-state index < -0.39 is 0 Å². The number of hydrogen-bond acceptors (Lipinski definition) is 3. The van der Waals surface area contributed by atoms with Gasteiger partial charge in [-0.1, -0.05) is 24.3 Å². The number of carbonyl (C=O) groups excluding carboxylic acids is 1. The highest BCUT2D eigenvalue weighted by atomic mass is 16.5. The highest BCUT2D eigenvalue weighted by Crippen LogP contribution is 2.22. The van der Waals surface area contributed by atoms with E-state index in [1.54, 1.807) is 7.11 Å². The third-order valence-electron chi connectivity index (χ3n) is 3.57. The zero-order valence-corrected chi connectivity index (χ0v) is 11.4. The topological polar surface area (TPSA) is 35.5 Å². The molecule has 1 heterocycles. The maximum Gasteiger partial charge on any atom is 0.167 e. The number of carbonyl (C=O) groups is 1. The van der Waals surface area contributed by atoms with E-state index in [2.05, 4.69) is 0 Å². The van der Waals surface area contributed by atoms with E-state index in [9.17, 15) is 4.79 Å². The van der Waals surface area contributed by atoms with Crippen LogP contribution in [-0.2, 0) is 24.4 Å². The molecule has 0 aromatic heterocycles. The van der Waals surface area contributed by atoms with Gasteiger partial charge in [-0.25, -0.2) is 0 Å². The fourth-order valence-corrected chi connectivity index (χ4v) is 2.38. The van der Waals surface area contributed by atoms with E-state index in [-0.39, 0.29) is 5.78 Å². The molecule has 1 aliphatic rings. The standard InChI is InChI=1S/C17H16O3/c1-19-16-6-2-12(3-7-16)8-17(18)13-4-5-14-10-20-11-15(14)9-13/h2-7,9H,8,10-11H2,1H3. The summed E-state index contributed by atoms with van der Waals surface area (Å²) >= 11 is 0. The SMILES string of the molecule is COc1ccc(CC(=O)c2ccc3c(c2)COC3)cc1. The molecule has 0 aliphatic carbocycles. The Morgan fingerprint density at radius 2 is 1.85 bits per heavy atom. The largest absolute Gasteiger partial charge is 0.497 e. The Labute approximate surface area is 118 Å². The molecule has 0 fully saturated rings. The number of ether oxygens (including phenoxy) is 2. The van der Waals surface area contributed by atoms with Crippen LogP contribution in [0.3, 0.4) is 0 Å². The zero-order valence-electron chi connectivity index (χ0n) is 11.4. The molecule has 2 aromatic carbocycles. The molecule has 0 saturated heterocycles. The third-order valence-corrected chi connectivity index (χ3v) is 3.57. The van der Waals surface area contributed by atoms with Crippen molar-refractivity contribution in [3.63, 3.8) is 0 Å². The molecule has 0 N–H and O–H groups in total. The molecule has 2 aromatic rings. The lowest BCUT2D eigenvalue weighted by Gasteiger charge is -2.05. The Hall–Kier alpha value is -2.13. The minimum atomic E-state index is 0.130. The Morgan fingerprint density at radius 3 is 2.60 bits per heavy atom. The molecule has 1 aliphatic heterocycles. The lowest BCUT2D eigenvalue weighted by atomic mass is 9.99. The first kappa shape index (κ1) is 12.9. The molecule has 0 amide bonds. The van der Waals surface area contributed by atoms with Crippen LogP contribution in [0.2, 0.25) is 0 Å². The minimum absolute atomic E-state index is 0.130. The van der Waals surface area contributed by atoms with Crippen LogP contribution in [-0.4, -0.2) is 12.9 Å². The van der Waals surface area contributed by atoms with Gasteiger partial charge in [-0.05, 0) is 34.9 Å². The van der Waals surface area contributed by atoms with Crippen molar-refractivity contribution in [3.05, 3.63) is 64.7 Å². The average Bonchev–Trinajstić information content (AvgIpc) is 2.95. The first-order valence-corrected chi connectivity index (χ1v) is 6.62. The smallest absolute Gasteiger partial charge is 0.167 e. The molecule has 0 bridgehead atoms. The van der Waals surface area contributed by atoms with Gasteiger partial charge in [0.1, 0.15) is 5.75 Å². The number of hydrogen-bond donors (Lipinski definition) is 0. The quantitative estimate of drug-likeness (QED) is 0.799. The summed E-state index contributed by atoms with van der Waals surface area (Å²) in [5.41, 5.74) is 4.06. The molecule has 0 atom stereocenters. The number of benzene rings is 2. The van der Waals surface area contributed by atoms with E-state index in [1.807, 2.05) is 42.5 Å². The summed E-state index contributed by atoms with van der Waals surface area (Å²) in [5.74, 6) is 0.931. The summed E-state index contributed by atoms with van der Waals surface area (Å²) < 4.78 is 10.5. The molecule has 3 nitrogen and oxygen atoms in total. The van der Waals surface area contributed by atoms with Gasteiger partial charge in [-0.2, -0.15) is 0 Å². The van der Waals surface area contributed by atoms with Crippen LogP contribution in [0, 0.1) is 0 Å². The molecule has 0 spiro atoms. The minimum Gasteiger partial charge on any atom is -0.497 e. The second-order valence-electron chi connectivity index (χ2n) is 4.92. The van der Waals surface area contributed by atoms with Gasteiger partial charge in [-0.15, -0.1) is 0 Å². The monoisotopic (exact) mass is 268 g/mol. The first-order valence-electron chi connectivity index (χ1n) is 6.62. The van der Waals surface area contributed by atoms with Crippen molar-refractivity contribution in [2.75, 3.05) is 7.11 Å². The van der Waals surface area contributed by atoms with Crippen molar-refractivity contribution in [3.8, 4) is 5.75 Å². The highest BCUT2D eigenvalue weighted by molar-refractivity contribution is 5.97. The lowest BCUT2D eigenvalue weighted by Crippen LogP contribution is -2.04. The molecule has 0 saturated carbocycles. The summed E-state index contributed by atoms with van der Waals surface area (Å²) in [6.45, 7) is 1.27. The van der Waals surface area contributed by atoms with Gasteiger partial charge in [0.15, 0.2) is 5.78 Å². The maximum absolute atomic E-state index is 12.3. The Bertz CT molecular complexity index is 629. The van der Waals surface area contributed by atoms with Crippen LogP contribution in [0.1, 0.15) is 27.0 Å². The summed E-state index contributed by atoms with van der Waals surface area (Å²) in [6.07, 6.45) is 0.406. The first-order chi connectivity index (χ1) is 9.76. The van der Waals surface area contributed by atoms with Crippen LogP contribution >= 0.6 is 0 Å². The summed E-state index contributed by atoms with van der Waals surface area (Å²) in [6, 6.07) is 13.4. The van der Waals surface area contributed by atoms with Gasteiger partial charge in [-0.3, -0.25) is 4.79 Å². The van der Waals surface area contributed by atoms with E-state index in [1.165, 1.54) is 5.56 Å². The van der Waals surface area contributed by atoms with Crippen molar-refractivity contribution in [2.24, 2.45) is 0 Å². The van der Waals surface area contributed by atoms with Crippen LogP contribution in [0.15, 0.2) is 42.5 Å². The fraction of sp³-hybridized carbons (Fsp3) is 0.235. The van der Waals surface area contributed by atoms with Crippen LogP contribution in [0.5, 0.6) is 5.75 Å². The Balaban J connectivity index is 1.75. The van der Waals surface area contributed by atoms with E-state index in [0.29, 0.717) is 19.6 Å². The van der Waals surface area contributed by atoms with Gasteiger partial charge < -0.3 is 9.47 Å². The fourth-order valence-electron chi connectivity index (χ4n) is 2.38. The second-order valence-corrected chi connectivity index (χ2v) is 4.92. The summed E-state index contributed by atoms with van der Waals surface area (Å²) in [4.78, 5) is 12.3. The number of fused-ring (bicyclic) bond motifs is 1. The number of Topliss-reactive ketones (excluding diaryl/α,β-unsaturated/α-hetero) is 1. The van der Waals surface area contributed by atoms with Crippen LogP contribution in [0.25, 0.3) is 0 Å².